The maximum atomic E-state index is 13.7. The molecule has 174 valence electrons. The van der Waals surface area contributed by atoms with E-state index in [2.05, 4.69) is 73.6 Å². The number of halogens is 1. The predicted octanol–water partition coefficient (Wildman–Crippen LogP) is 6.61. The SMILES string of the molecule is CCn1cc(Cl)c(C(=O)N2N=C3/C(=C\c4ccc(C)cc4)CCC[C@@H]3[C@H]2c2ccc(C)cc2)n1. The predicted molar refractivity (Wildman–Crippen MR) is 137 cm³/mol. The molecule has 5 rings (SSSR count). The quantitative estimate of drug-likeness (QED) is 0.429. The van der Waals surface area contributed by atoms with E-state index in [-0.39, 0.29) is 23.6 Å². The number of nitrogens with zero attached hydrogens (tertiary/aromatic N) is 4. The normalized spacial score (nSPS) is 21.0. The minimum Gasteiger partial charge on any atom is -0.271 e. The summed E-state index contributed by atoms with van der Waals surface area (Å²) in [6, 6.07) is 16.8. The Morgan fingerprint density at radius 3 is 2.41 bits per heavy atom. The molecule has 3 aromatic rings. The number of hydrazone groups is 1. The van der Waals surface area contributed by atoms with Crippen molar-refractivity contribution in [3.8, 4) is 0 Å². The molecule has 5 nitrogen and oxygen atoms in total. The molecule has 0 radical (unpaired) electrons. The highest BCUT2D eigenvalue weighted by atomic mass is 35.5. The third-order valence-electron chi connectivity index (χ3n) is 6.79. The summed E-state index contributed by atoms with van der Waals surface area (Å²) in [6.07, 6.45) is 6.94. The monoisotopic (exact) mass is 472 g/mol. The van der Waals surface area contributed by atoms with Crippen molar-refractivity contribution in [3.05, 3.63) is 93.3 Å². The van der Waals surface area contributed by atoms with Crippen LogP contribution in [-0.2, 0) is 6.54 Å². The van der Waals surface area contributed by atoms with Crippen molar-refractivity contribution >= 4 is 29.3 Å². The van der Waals surface area contributed by atoms with Crippen LogP contribution in [0.1, 0.15) is 65.0 Å². The molecular formula is C28H29ClN4O. The third kappa shape index (κ3) is 4.21. The van der Waals surface area contributed by atoms with Gasteiger partial charge in [0.25, 0.3) is 5.91 Å². The summed E-state index contributed by atoms with van der Waals surface area (Å²) < 4.78 is 1.69. The van der Waals surface area contributed by atoms with Gasteiger partial charge in [-0.15, -0.1) is 0 Å². The number of hydrogen-bond donors (Lipinski definition) is 0. The number of aromatic nitrogens is 2. The second kappa shape index (κ2) is 9.22. The Bertz CT molecular complexity index is 1270. The van der Waals surface area contributed by atoms with E-state index in [1.54, 1.807) is 15.9 Å². The Kier molecular flexibility index (Phi) is 6.13. The number of carbonyl (C=O) groups excluding carboxylic acids is 1. The number of rotatable bonds is 4. The molecule has 0 spiro atoms. The molecule has 0 saturated heterocycles. The lowest BCUT2D eigenvalue weighted by atomic mass is 9.77. The maximum Gasteiger partial charge on any atom is 0.296 e. The average molecular weight is 473 g/mol. The molecule has 6 heteroatoms. The van der Waals surface area contributed by atoms with Crippen molar-refractivity contribution in [3.63, 3.8) is 0 Å². The van der Waals surface area contributed by atoms with Gasteiger partial charge in [-0.1, -0.05) is 71.3 Å². The molecule has 2 aliphatic rings. The minimum absolute atomic E-state index is 0.143. The van der Waals surface area contributed by atoms with Crippen LogP contribution >= 0.6 is 11.6 Å². The standard InChI is InChI=1S/C28H29ClN4O/c1-4-32-17-24(29)26(30-32)28(34)33-27(21-14-10-19(3)11-15-21)23-7-5-6-22(25(23)31-33)16-20-12-8-18(2)9-13-20/h8-17,23,27H,4-7H2,1-3H3/b22-16-/t23-,27+/m0/s1. The molecule has 1 aliphatic carbocycles. The average Bonchev–Trinajstić information content (AvgIpc) is 3.42. The molecule has 0 bridgehead atoms. The Hall–Kier alpha value is -3.18. The molecule has 0 unspecified atom stereocenters. The summed E-state index contributed by atoms with van der Waals surface area (Å²) in [5.74, 6) is -0.108. The fourth-order valence-corrected chi connectivity index (χ4v) is 5.17. The largest absolute Gasteiger partial charge is 0.296 e. The number of amides is 1. The fraction of sp³-hybridized carbons (Fsp3) is 0.321. The molecule has 0 N–H and O–H groups in total. The van der Waals surface area contributed by atoms with Crippen LogP contribution in [0.15, 0.2) is 65.4 Å². The van der Waals surface area contributed by atoms with Crippen molar-refractivity contribution < 1.29 is 4.79 Å². The molecule has 2 heterocycles. The smallest absolute Gasteiger partial charge is 0.271 e. The highest BCUT2D eigenvalue weighted by Crippen LogP contribution is 2.45. The summed E-state index contributed by atoms with van der Waals surface area (Å²) >= 11 is 6.42. The summed E-state index contributed by atoms with van der Waals surface area (Å²) in [5.41, 5.74) is 7.15. The van der Waals surface area contributed by atoms with Gasteiger partial charge in [0.1, 0.15) is 0 Å². The van der Waals surface area contributed by atoms with Gasteiger partial charge in [-0.25, -0.2) is 5.01 Å². The third-order valence-corrected chi connectivity index (χ3v) is 7.07. The first-order chi connectivity index (χ1) is 16.4. The zero-order valence-corrected chi connectivity index (χ0v) is 20.6. The lowest BCUT2D eigenvalue weighted by Crippen LogP contribution is -2.32. The minimum atomic E-state index is -0.251. The van der Waals surface area contributed by atoms with Crippen molar-refractivity contribution in [1.82, 2.24) is 14.8 Å². The number of hydrogen-bond acceptors (Lipinski definition) is 3. The van der Waals surface area contributed by atoms with Crippen molar-refractivity contribution in [2.45, 2.75) is 52.6 Å². The van der Waals surface area contributed by atoms with Crippen LogP contribution in [0.4, 0.5) is 0 Å². The first-order valence-corrected chi connectivity index (χ1v) is 12.3. The fourth-order valence-electron chi connectivity index (χ4n) is 4.94. The first-order valence-electron chi connectivity index (χ1n) is 11.9. The molecule has 1 fully saturated rings. The molecule has 1 aromatic heterocycles. The topological polar surface area (TPSA) is 50.5 Å². The van der Waals surface area contributed by atoms with E-state index in [1.165, 1.54) is 16.7 Å². The van der Waals surface area contributed by atoms with Crippen molar-refractivity contribution in [1.29, 1.82) is 0 Å². The van der Waals surface area contributed by atoms with Gasteiger partial charge in [-0.2, -0.15) is 10.2 Å². The van der Waals surface area contributed by atoms with Gasteiger partial charge in [-0.3, -0.25) is 9.48 Å². The van der Waals surface area contributed by atoms with Gasteiger partial charge in [0.15, 0.2) is 5.69 Å². The van der Waals surface area contributed by atoms with Gasteiger partial charge in [0.2, 0.25) is 0 Å². The maximum absolute atomic E-state index is 13.7. The second-order valence-electron chi connectivity index (χ2n) is 9.25. The highest BCUT2D eigenvalue weighted by molar-refractivity contribution is 6.33. The molecular weight excluding hydrogens is 444 g/mol. The van der Waals surface area contributed by atoms with Crippen LogP contribution in [0.3, 0.4) is 0 Å². The van der Waals surface area contributed by atoms with E-state index >= 15 is 0 Å². The number of fused-ring (bicyclic) bond motifs is 1. The van der Waals surface area contributed by atoms with Gasteiger partial charge in [-0.05, 0) is 62.8 Å². The van der Waals surface area contributed by atoms with Gasteiger partial charge in [0, 0.05) is 18.7 Å². The Balaban J connectivity index is 1.58. The number of allylic oxidation sites excluding steroid dienone is 1. The van der Waals surface area contributed by atoms with E-state index in [0.717, 1.165) is 36.1 Å². The molecule has 2 atom stereocenters. The summed E-state index contributed by atoms with van der Waals surface area (Å²) in [5, 5.41) is 11.4. The molecule has 2 aromatic carbocycles. The zero-order valence-electron chi connectivity index (χ0n) is 19.8. The molecule has 1 saturated carbocycles. The molecule has 1 aliphatic heterocycles. The molecule has 34 heavy (non-hydrogen) atoms. The van der Waals surface area contributed by atoms with E-state index in [4.69, 9.17) is 16.7 Å². The van der Waals surface area contributed by atoms with Crippen LogP contribution in [-0.4, -0.2) is 26.4 Å². The number of benzene rings is 2. The van der Waals surface area contributed by atoms with Crippen molar-refractivity contribution in [2.75, 3.05) is 0 Å². The lowest BCUT2D eigenvalue weighted by Gasteiger charge is -2.29. The van der Waals surface area contributed by atoms with Crippen LogP contribution in [0.5, 0.6) is 0 Å². The van der Waals surface area contributed by atoms with Gasteiger partial charge >= 0.3 is 0 Å². The number of aryl methyl sites for hydroxylation is 3. The van der Waals surface area contributed by atoms with E-state index in [1.807, 2.05) is 6.92 Å². The van der Waals surface area contributed by atoms with Crippen LogP contribution in [0, 0.1) is 19.8 Å². The summed E-state index contributed by atoms with van der Waals surface area (Å²) in [4.78, 5) is 13.7. The van der Waals surface area contributed by atoms with Gasteiger partial charge in [0.05, 0.1) is 16.8 Å². The van der Waals surface area contributed by atoms with E-state index in [9.17, 15) is 4.79 Å². The Morgan fingerprint density at radius 2 is 1.76 bits per heavy atom. The molecule has 1 amide bonds. The van der Waals surface area contributed by atoms with Crippen LogP contribution in [0.2, 0.25) is 5.02 Å². The summed E-state index contributed by atoms with van der Waals surface area (Å²) in [6.45, 7) is 6.78. The zero-order chi connectivity index (χ0) is 23.8. The second-order valence-corrected chi connectivity index (χ2v) is 9.66. The van der Waals surface area contributed by atoms with Crippen molar-refractivity contribution in [2.24, 2.45) is 11.0 Å². The van der Waals surface area contributed by atoms with Gasteiger partial charge < -0.3 is 0 Å². The van der Waals surface area contributed by atoms with Crippen LogP contribution in [0.25, 0.3) is 6.08 Å². The van der Waals surface area contributed by atoms with E-state index < -0.39 is 0 Å². The first kappa shape index (κ1) is 22.6. The highest BCUT2D eigenvalue weighted by Gasteiger charge is 2.44. The number of carbonyl (C=O) groups is 1. The van der Waals surface area contributed by atoms with E-state index in [0.29, 0.717) is 11.6 Å². The van der Waals surface area contributed by atoms with Crippen LogP contribution < -0.4 is 0 Å². The Labute approximate surface area is 205 Å². The Morgan fingerprint density at radius 1 is 1.09 bits per heavy atom. The lowest BCUT2D eigenvalue weighted by molar-refractivity contribution is 0.0674. The summed E-state index contributed by atoms with van der Waals surface area (Å²) in [7, 11) is 0.